The standard InChI is InChI=1S/C25H16N4O2/c30-25(24-14-17-7-2-4-11-23(17)31-24)26-18-12-13-20-21(15-18)28-29(27-20)22-10-5-8-16-6-1-3-9-19(16)22/h1-15H,(H,26,30). The number of nitrogens with one attached hydrogen (secondary N) is 1. The summed E-state index contributed by atoms with van der Waals surface area (Å²) in [4.78, 5) is 14.3. The zero-order chi connectivity index (χ0) is 20.8. The van der Waals surface area contributed by atoms with Crippen molar-refractivity contribution in [1.29, 1.82) is 0 Å². The van der Waals surface area contributed by atoms with E-state index >= 15 is 0 Å². The first-order valence-corrected chi connectivity index (χ1v) is 9.90. The highest BCUT2D eigenvalue weighted by Crippen LogP contribution is 2.24. The van der Waals surface area contributed by atoms with Crippen molar-refractivity contribution in [3.8, 4) is 5.69 Å². The molecule has 2 aromatic heterocycles. The van der Waals surface area contributed by atoms with Gasteiger partial charge in [0.25, 0.3) is 5.91 Å². The number of para-hydroxylation sites is 1. The maximum absolute atomic E-state index is 12.6. The second kappa shape index (κ2) is 6.81. The average Bonchev–Trinajstić information content (AvgIpc) is 3.42. The maximum Gasteiger partial charge on any atom is 0.291 e. The van der Waals surface area contributed by atoms with Gasteiger partial charge in [-0.05, 0) is 41.8 Å². The van der Waals surface area contributed by atoms with E-state index in [9.17, 15) is 4.79 Å². The first-order chi connectivity index (χ1) is 15.2. The van der Waals surface area contributed by atoms with Gasteiger partial charge in [0.2, 0.25) is 0 Å². The number of benzene rings is 4. The number of amides is 1. The van der Waals surface area contributed by atoms with Gasteiger partial charge in [-0.25, -0.2) is 0 Å². The van der Waals surface area contributed by atoms with Gasteiger partial charge in [-0.15, -0.1) is 15.0 Å². The minimum atomic E-state index is -0.308. The Hall–Kier alpha value is -4.45. The van der Waals surface area contributed by atoms with Crippen LogP contribution in [0.4, 0.5) is 5.69 Å². The topological polar surface area (TPSA) is 73.0 Å². The van der Waals surface area contributed by atoms with E-state index in [1.165, 1.54) is 0 Å². The molecule has 0 bridgehead atoms. The second-order valence-electron chi connectivity index (χ2n) is 7.29. The number of carbonyl (C=O) groups excluding carboxylic acids is 1. The molecule has 0 atom stereocenters. The molecule has 1 N–H and O–H groups in total. The molecule has 0 saturated heterocycles. The summed E-state index contributed by atoms with van der Waals surface area (Å²) in [6, 6.07) is 28.9. The van der Waals surface area contributed by atoms with Crippen molar-refractivity contribution < 1.29 is 9.21 Å². The number of furan rings is 1. The molecular formula is C25H16N4O2. The molecule has 0 radical (unpaired) electrons. The Morgan fingerprint density at radius 1 is 0.774 bits per heavy atom. The highest BCUT2D eigenvalue weighted by atomic mass is 16.3. The van der Waals surface area contributed by atoms with Gasteiger partial charge < -0.3 is 9.73 Å². The van der Waals surface area contributed by atoms with Gasteiger partial charge in [-0.1, -0.05) is 54.6 Å². The summed E-state index contributed by atoms with van der Waals surface area (Å²) in [6.45, 7) is 0. The first kappa shape index (κ1) is 17.4. The van der Waals surface area contributed by atoms with Crippen molar-refractivity contribution >= 4 is 44.4 Å². The van der Waals surface area contributed by atoms with Gasteiger partial charge in [-0.2, -0.15) is 0 Å². The van der Waals surface area contributed by atoms with Crippen LogP contribution < -0.4 is 5.32 Å². The summed E-state index contributed by atoms with van der Waals surface area (Å²) in [5.41, 5.74) is 3.65. The van der Waals surface area contributed by atoms with Crippen LogP contribution in [0.1, 0.15) is 10.6 Å². The van der Waals surface area contributed by atoms with Crippen LogP contribution in [0, 0.1) is 0 Å². The summed E-state index contributed by atoms with van der Waals surface area (Å²) in [7, 11) is 0. The molecule has 0 spiro atoms. The lowest BCUT2D eigenvalue weighted by atomic mass is 10.1. The Balaban J connectivity index is 1.34. The second-order valence-corrected chi connectivity index (χ2v) is 7.29. The molecule has 1 amide bonds. The highest BCUT2D eigenvalue weighted by molar-refractivity contribution is 6.05. The molecule has 0 aliphatic heterocycles. The number of anilines is 1. The number of rotatable bonds is 3. The predicted octanol–water partition coefficient (Wildman–Crippen LogP) is 5.57. The van der Waals surface area contributed by atoms with E-state index in [0.717, 1.165) is 27.4 Å². The third-order valence-electron chi connectivity index (χ3n) is 5.27. The van der Waals surface area contributed by atoms with Gasteiger partial charge in [0.05, 0.1) is 5.69 Å². The Morgan fingerprint density at radius 2 is 1.55 bits per heavy atom. The molecule has 6 nitrogen and oxygen atoms in total. The third-order valence-corrected chi connectivity index (χ3v) is 5.27. The van der Waals surface area contributed by atoms with E-state index in [1.54, 1.807) is 10.9 Å². The lowest BCUT2D eigenvalue weighted by Crippen LogP contribution is -2.10. The number of nitrogens with zero attached hydrogens (tertiary/aromatic N) is 3. The summed E-state index contributed by atoms with van der Waals surface area (Å²) in [6.07, 6.45) is 0. The molecule has 2 heterocycles. The van der Waals surface area contributed by atoms with Gasteiger partial charge >= 0.3 is 0 Å². The summed E-state index contributed by atoms with van der Waals surface area (Å²) < 4.78 is 5.65. The Morgan fingerprint density at radius 3 is 2.45 bits per heavy atom. The third kappa shape index (κ3) is 3.02. The minimum Gasteiger partial charge on any atom is -0.451 e. The molecule has 31 heavy (non-hydrogen) atoms. The van der Waals surface area contributed by atoms with Crippen molar-refractivity contribution in [1.82, 2.24) is 15.0 Å². The van der Waals surface area contributed by atoms with E-state index in [0.29, 0.717) is 16.8 Å². The van der Waals surface area contributed by atoms with Crippen LogP contribution in [0.3, 0.4) is 0 Å². The number of hydrogen-bond donors (Lipinski definition) is 1. The van der Waals surface area contributed by atoms with E-state index in [2.05, 4.69) is 33.7 Å². The van der Waals surface area contributed by atoms with Gasteiger partial charge in [-0.3, -0.25) is 4.79 Å². The number of fused-ring (bicyclic) bond motifs is 3. The molecule has 4 aromatic carbocycles. The molecule has 6 heteroatoms. The molecule has 148 valence electrons. The van der Waals surface area contributed by atoms with Crippen molar-refractivity contribution in [2.75, 3.05) is 5.32 Å². The van der Waals surface area contributed by atoms with Crippen LogP contribution in [-0.2, 0) is 0 Å². The average molecular weight is 404 g/mol. The highest BCUT2D eigenvalue weighted by Gasteiger charge is 2.14. The molecular weight excluding hydrogens is 388 g/mol. The van der Waals surface area contributed by atoms with Crippen LogP contribution in [0.15, 0.2) is 95.4 Å². The quantitative estimate of drug-likeness (QED) is 0.418. The van der Waals surface area contributed by atoms with E-state index < -0.39 is 0 Å². The molecule has 0 aliphatic rings. The monoisotopic (exact) mass is 404 g/mol. The van der Waals surface area contributed by atoms with Crippen LogP contribution in [-0.4, -0.2) is 20.9 Å². The molecule has 6 rings (SSSR count). The van der Waals surface area contributed by atoms with E-state index in [1.807, 2.05) is 66.7 Å². The first-order valence-electron chi connectivity index (χ1n) is 9.90. The molecule has 6 aromatic rings. The van der Waals surface area contributed by atoms with Crippen LogP contribution >= 0.6 is 0 Å². The zero-order valence-corrected chi connectivity index (χ0v) is 16.3. The van der Waals surface area contributed by atoms with Crippen molar-refractivity contribution in [2.24, 2.45) is 0 Å². The maximum atomic E-state index is 12.6. The predicted molar refractivity (Wildman–Crippen MR) is 121 cm³/mol. The Kier molecular flexibility index (Phi) is 3.83. The fourth-order valence-corrected chi connectivity index (χ4v) is 3.77. The lowest BCUT2D eigenvalue weighted by Gasteiger charge is -2.04. The number of aromatic nitrogens is 3. The lowest BCUT2D eigenvalue weighted by molar-refractivity contribution is 0.0998. The summed E-state index contributed by atoms with van der Waals surface area (Å²) in [5.74, 6) is -0.0438. The van der Waals surface area contributed by atoms with E-state index in [-0.39, 0.29) is 11.7 Å². The fourth-order valence-electron chi connectivity index (χ4n) is 3.77. The van der Waals surface area contributed by atoms with Crippen molar-refractivity contribution in [3.63, 3.8) is 0 Å². The van der Waals surface area contributed by atoms with Gasteiger partial charge in [0.1, 0.15) is 16.6 Å². The largest absolute Gasteiger partial charge is 0.451 e. The molecule has 0 unspecified atom stereocenters. The van der Waals surface area contributed by atoms with Gasteiger partial charge in [0, 0.05) is 16.5 Å². The minimum absolute atomic E-state index is 0.265. The van der Waals surface area contributed by atoms with Crippen molar-refractivity contribution in [2.45, 2.75) is 0 Å². The molecule has 0 saturated carbocycles. The molecule has 0 fully saturated rings. The molecule has 0 aliphatic carbocycles. The van der Waals surface area contributed by atoms with Crippen LogP contribution in [0.25, 0.3) is 38.5 Å². The summed E-state index contributed by atoms with van der Waals surface area (Å²) >= 11 is 0. The fraction of sp³-hybridized carbons (Fsp3) is 0. The number of carbonyl (C=O) groups is 1. The zero-order valence-electron chi connectivity index (χ0n) is 16.3. The van der Waals surface area contributed by atoms with Crippen LogP contribution in [0.5, 0.6) is 0 Å². The van der Waals surface area contributed by atoms with E-state index in [4.69, 9.17) is 4.42 Å². The summed E-state index contributed by atoms with van der Waals surface area (Å²) in [5, 5.41) is 15.2. The normalized spacial score (nSPS) is 11.4. The Bertz CT molecular complexity index is 1560. The SMILES string of the molecule is O=C(Nc1ccc2nn(-c3cccc4ccccc34)nc2c1)c1cc2ccccc2o1. The smallest absolute Gasteiger partial charge is 0.291 e. The number of hydrogen-bond acceptors (Lipinski definition) is 4. The Labute approximate surface area is 176 Å². The van der Waals surface area contributed by atoms with Crippen molar-refractivity contribution in [3.05, 3.63) is 96.8 Å². The van der Waals surface area contributed by atoms with Crippen LogP contribution in [0.2, 0.25) is 0 Å². The van der Waals surface area contributed by atoms with Gasteiger partial charge in [0.15, 0.2) is 5.76 Å².